The summed E-state index contributed by atoms with van der Waals surface area (Å²) in [6.45, 7) is 0.484. The van der Waals surface area contributed by atoms with Crippen LogP contribution >= 0.6 is 11.3 Å². The van der Waals surface area contributed by atoms with Gasteiger partial charge in [0, 0.05) is 19.4 Å². The average molecular weight is 280 g/mol. The third kappa shape index (κ3) is 3.64. The van der Waals surface area contributed by atoms with Gasteiger partial charge in [0.15, 0.2) is 5.78 Å². The Balaban J connectivity index is 1.80. The van der Waals surface area contributed by atoms with Gasteiger partial charge in [-0.05, 0) is 24.3 Å². The highest BCUT2D eigenvalue weighted by Gasteiger charge is 2.33. The molecule has 4 nitrogen and oxygen atoms in total. The molecule has 0 aliphatic heterocycles. The summed E-state index contributed by atoms with van der Waals surface area (Å²) in [6, 6.07) is 3.64. The minimum absolute atomic E-state index is 0.0402. The lowest BCUT2D eigenvalue weighted by molar-refractivity contribution is -0.122. The van der Waals surface area contributed by atoms with Gasteiger partial charge in [-0.1, -0.05) is 18.9 Å². The molecule has 1 aliphatic rings. The van der Waals surface area contributed by atoms with Crippen molar-refractivity contribution in [3.8, 4) is 0 Å². The molecular weight excluding hydrogens is 260 g/mol. The highest BCUT2D eigenvalue weighted by molar-refractivity contribution is 7.12. The van der Waals surface area contributed by atoms with E-state index in [-0.39, 0.29) is 30.1 Å². The van der Waals surface area contributed by atoms with Crippen LogP contribution in [0.4, 0.5) is 0 Å². The van der Waals surface area contributed by atoms with Crippen LogP contribution in [0.3, 0.4) is 0 Å². The summed E-state index contributed by atoms with van der Waals surface area (Å²) in [5.41, 5.74) is 5.55. The highest BCUT2D eigenvalue weighted by atomic mass is 32.1. The van der Waals surface area contributed by atoms with Crippen molar-refractivity contribution >= 4 is 23.0 Å². The predicted molar refractivity (Wildman–Crippen MR) is 76.3 cm³/mol. The molecule has 1 amide bonds. The fourth-order valence-corrected chi connectivity index (χ4v) is 3.27. The van der Waals surface area contributed by atoms with Crippen LogP contribution in [0, 0.1) is 0 Å². The van der Waals surface area contributed by atoms with Crippen molar-refractivity contribution in [1.29, 1.82) is 0 Å². The van der Waals surface area contributed by atoms with Crippen molar-refractivity contribution in [3.63, 3.8) is 0 Å². The largest absolute Gasteiger partial charge is 0.349 e. The Kier molecular flexibility index (Phi) is 4.71. The Morgan fingerprint density at radius 1 is 1.32 bits per heavy atom. The number of hydrogen-bond acceptors (Lipinski definition) is 4. The van der Waals surface area contributed by atoms with Crippen LogP contribution < -0.4 is 11.1 Å². The lowest BCUT2D eigenvalue weighted by atomic mass is 9.97. The van der Waals surface area contributed by atoms with Crippen molar-refractivity contribution in [2.45, 2.75) is 44.1 Å². The Morgan fingerprint density at radius 3 is 2.63 bits per heavy atom. The Hall–Kier alpha value is -1.20. The summed E-state index contributed by atoms with van der Waals surface area (Å²) in [7, 11) is 0. The molecule has 19 heavy (non-hydrogen) atoms. The van der Waals surface area contributed by atoms with Gasteiger partial charge in [-0.3, -0.25) is 9.59 Å². The summed E-state index contributed by atoms with van der Waals surface area (Å²) in [4.78, 5) is 24.4. The van der Waals surface area contributed by atoms with Gasteiger partial charge >= 0.3 is 0 Å². The van der Waals surface area contributed by atoms with E-state index in [0.717, 1.165) is 30.6 Å². The van der Waals surface area contributed by atoms with E-state index < -0.39 is 0 Å². The summed E-state index contributed by atoms with van der Waals surface area (Å²) in [5, 5.41) is 4.90. The molecule has 104 valence electrons. The van der Waals surface area contributed by atoms with Crippen molar-refractivity contribution in [2.24, 2.45) is 5.73 Å². The Labute approximate surface area is 117 Å². The van der Waals surface area contributed by atoms with Gasteiger partial charge in [0.1, 0.15) is 0 Å². The summed E-state index contributed by atoms with van der Waals surface area (Å²) in [6.07, 6.45) is 4.66. The van der Waals surface area contributed by atoms with E-state index in [4.69, 9.17) is 5.73 Å². The lowest BCUT2D eigenvalue weighted by Gasteiger charge is -2.28. The topological polar surface area (TPSA) is 72.2 Å². The molecule has 1 aromatic rings. The number of amides is 1. The molecular formula is C14H20N2O2S. The van der Waals surface area contributed by atoms with E-state index >= 15 is 0 Å². The van der Waals surface area contributed by atoms with E-state index in [2.05, 4.69) is 5.32 Å². The van der Waals surface area contributed by atoms with Gasteiger partial charge in [0.2, 0.25) is 5.91 Å². The molecule has 0 saturated heterocycles. The minimum Gasteiger partial charge on any atom is -0.349 e. The number of hydrogen-bond donors (Lipinski definition) is 2. The third-order valence-corrected chi connectivity index (χ3v) is 4.64. The van der Waals surface area contributed by atoms with E-state index in [9.17, 15) is 9.59 Å². The highest BCUT2D eigenvalue weighted by Crippen LogP contribution is 2.28. The second-order valence-electron chi connectivity index (χ2n) is 5.14. The van der Waals surface area contributed by atoms with Gasteiger partial charge in [0.25, 0.3) is 0 Å². The first-order valence-corrected chi connectivity index (χ1v) is 7.61. The Morgan fingerprint density at radius 2 is 2.05 bits per heavy atom. The average Bonchev–Trinajstić information content (AvgIpc) is 3.07. The molecule has 1 saturated carbocycles. The molecule has 0 bridgehead atoms. The quantitative estimate of drug-likeness (QED) is 0.784. The van der Waals surface area contributed by atoms with Crippen LogP contribution in [0.5, 0.6) is 0 Å². The smallest absolute Gasteiger partial charge is 0.220 e. The van der Waals surface area contributed by atoms with Crippen LogP contribution in [0.1, 0.15) is 48.2 Å². The van der Waals surface area contributed by atoms with E-state index in [0.29, 0.717) is 6.54 Å². The van der Waals surface area contributed by atoms with E-state index in [1.807, 2.05) is 11.4 Å². The molecule has 0 atom stereocenters. The zero-order valence-corrected chi connectivity index (χ0v) is 11.8. The van der Waals surface area contributed by atoms with Gasteiger partial charge in [-0.25, -0.2) is 0 Å². The van der Waals surface area contributed by atoms with Crippen molar-refractivity contribution in [2.75, 3.05) is 6.54 Å². The van der Waals surface area contributed by atoms with Gasteiger partial charge in [0.05, 0.1) is 10.4 Å². The number of nitrogens with one attached hydrogen (secondary N) is 1. The first kappa shape index (κ1) is 14.2. The van der Waals surface area contributed by atoms with Crippen LogP contribution in [-0.2, 0) is 4.79 Å². The number of Topliss-reactive ketones (excluding diaryl/α,β-unsaturated/α-hetero) is 1. The molecule has 0 unspecified atom stereocenters. The number of ketones is 1. The zero-order valence-electron chi connectivity index (χ0n) is 11.0. The van der Waals surface area contributed by atoms with E-state index in [1.165, 1.54) is 11.3 Å². The van der Waals surface area contributed by atoms with Crippen LogP contribution in [0.2, 0.25) is 0 Å². The molecule has 0 aromatic carbocycles. The first-order chi connectivity index (χ1) is 9.15. The molecule has 0 spiro atoms. The SMILES string of the molecule is NCC1(NC(=O)CCC(=O)c2cccs2)CCCC1. The summed E-state index contributed by atoms with van der Waals surface area (Å²) in [5.74, 6) is -0.0179. The molecule has 2 rings (SSSR count). The second kappa shape index (κ2) is 6.30. The molecule has 0 radical (unpaired) electrons. The van der Waals surface area contributed by atoms with Crippen molar-refractivity contribution < 1.29 is 9.59 Å². The van der Waals surface area contributed by atoms with Crippen molar-refractivity contribution in [1.82, 2.24) is 5.32 Å². The van der Waals surface area contributed by atoms with Crippen LogP contribution in [0.15, 0.2) is 17.5 Å². The fraction of sp³-hybridized carbons (Fsp3) is 0.571. The van der Waals surface area contributed by atoms with E-state index in [1.54, 1.807) is 6.07 Å². The standard InChI is InChI=1S/C14H20N2O2S/c15-10-14(7-1-2-8-14)16-13(18)6-5-11(17)12-4-3-9-19-12/h3-4,9H,1-2,5-8,10,15H2,(H,16,18). The maximum atomic E-state index is 11.9. The second-order valence-corrected chi connectivity index (χ2v) is 6.09. The first-order valence-electron chi connectivity index (χ1n) is 6.73. The number of rotatable bonds is 6. The number of carbonyl (C=O) groups is 2. The fourth-order valence-electron chi connectivity index (χ4n) is 2.58. The van der Waals surface area contributed by atoms with Crippen molar-refractivity contribution in [3.05, 3.63) is 22.4 Å². The number of carbonyl (C=O) groups excluding carboxylic acids is 2. The summed E-state index contributed by atoms with van der Waals surface area (Å²) >= 11 is 1.42. The molecule has 3 N–H and O–H groups in total. The number of thiophene rings is 1. The molecule has 1 fully saturated rings. The van der Waals surface area contributed by atoms with Gasteiger partial charge < -0.3 is 11.1 Å². The lowest BCUT2D eigenvalue weighted by Crippen LogP contribution is -2.51. The minimum atomic E-state index is -0.219. The molecule has 1 aromatic heterocycles. The zero-order chi connectivity index (χ0) is 13.7. The maximum absolute atomic E-state index is 11.9. The molecule has 5 heteroatoms. The monoisotopic (exact) mass is 280 g/mol. The van der Waals surface area contributed by atoms with Gasteiger partial charge in [-0.15, -0.1) is 11.3 Å². The normalized spacial score (nSPS) is 17.3. The predicted octanol–water partition coefficient (Wildman–Crippen LogP) is 2.10. The third-order valence-electron chi connectivity index (χ3n) is 3.73. The molecule has 1 aliphatic carbocycles. The summed E-state index contributed by atoms with van der Waals surface area (Å²) < 4.78 is 0. The molecule has 1 heterocycles. The van der Waals surface area contributed by atoms with Crippen LogP contribution in [0.25, 0.3) is 0 Å². The van der Waals surface area contributed by atoms with Gasteiger partial charge in [-0.2, -0.15) is 0 Å². The number of nitrogens with two attached hydrogens (primary N) is 1. The van der Waals surface area contributed by atoms with Crippen LogP contribution in [-0.4, -0.2) is 23.8 Å². The Bertz CT molecular complexity index is 436. The maximum Gasteiger partial charge on any atom is 0.220 e.